The van der Waals surface area contributed by atoms with Crippen molar-refractivity contribution in [1.82, 2.24) is 30.1 Å². The van der Waals surface area contributed by atoms with Crippen LogP contribution in [0.3, 0.4) is 0 Å². The van der Waals surface area contributed by atoms with E-state index in [-0.39, 0.29) is 24.8 Å². The SMILES string of the molecule is Cc1noc(COC2CN(C(=O)N[C@@H]3C[C@H]3c3cnn(-c4ccccc4)c3)C2)n1. The van der Waals surface area contributed by atoms with E-state index < -0.39 is 0 Å². The molecule has 1 saturated heterocycles. The maximum Gasteiger partial charge on any atom is 0.317 e. The van der Waals surface area contributed by atoms with E-state index in [0.717, 1.165) is 17.7 Å². The molecule has 2 amide bonds. The van der Waals surface area contributed by atoms with Crippen molar-refractivity contribution in [2.45, 2.75) is 38.0 Å². The number of benzene rings is 1. The number of nitrogens with one attached hydrogen (secondary N) is 1. The van der Waals surface area contributed by atoms with Crippen molar-refractivity contribution in [1.29, 1.82) is 0 Å². The molecule has 9 nitrogen and oxygen atoms in total. The number of hydrogen-bond donors (Lipinski definition) is 1. The third kappa shape index (κ3) is 3.86. The number of ether oxygens (including phenoxy) is 1. The van der Waals surface area contributed by atoms with Crippen LogP contribution in [0.2, 0.25) is 0 Å². The van der Waals surface area contributed by atoms with E-state index in [0.29, 0.717) is 30.7 Å². The van der Waals surface area contributed by atoms with E-state index >= 15 is 0 Å². The predicted octanol–water partition coefficient (Wildman–Crippen LogP) is 2.03. The molecule has 2 aliphatic rings. The van der Waals surface area contributed by atoms with Crippen molar-refractivity contribution in [2.75, 3.05) is 13.1 Å². The fraction of sp³-hybridized carbons (Fsp3) is 0.400. The Morgan fingerprint density at radius 1 is 1.31 bits per heavy atom. The first-order valence-corrected chi connectivity index (χ1v) is 9.72. The second-order valence-corrected chi connectivity index (χ2v) is 7.53. The Balaban J connectivity index is 1.06. The number of hydrogen-bond acceptors (Lipinski definition) is 6. The number of aryl methyl sites for hydroxylation is 1. The Bertz CT molecular complexity index is 995. The third-order valence-electron chi connectivity index (χ3n) is 5.30. The quantitative estimate of drug-likeness (QED) is 0.687. The average molecular weight is 394 g/mol. The molecule has 0 spiro atoms. The summed E-state index contributed by atoms with van der Waals surface area (Å²) in [6.45, 7) is 3.18. The van der Waals surface area contributed by atoms with E-state index in [4.69, 9.17) is 9.26 Å². The average Bonchev–Trinajstić information content (AvgIpc) is 3.09. The number of aromatic nitrogens is 4. The molecule has 1 saturated carbocycles. The lowest BCUT2D eigenvalue weighted by atomic mass is 10.2. The summed E-state index contributed by atoms with van der Waals surface area (Å²) in [5.41, 5.74) is 2.18. The highest BCUT2D eigenvalue weighted by atomic mass is 16.5. The first-order valence-electron chi connectivity index (χ1n) is 9.72. The molecule has 1 aliphatic carbocycles. The summed E-state index contributed by atoms with van der Waals surface area (Å²) in [7, 11) is 0. The second-order valence-electron chi connectivity index (χ2n) is 7.53. The molecular weight excluding hydrogens is 372 g/mol. The summed E-state index contributed by atoms with van der Waals surface area (Å²) >= 11 is 0. The minimum atomic E-state index is -0.0403. The van der Waals surface area contributed by atoms with Crippen molar-refractivity contribution >= 4 is 6.03 Å². The molecule has 2 aromatic heterocycles. The number of amides is 2. The highest BCUT2D eigenvalue weighted by Crippen LogP contribution is 2.41. The van der Waals surface area contributed by atoms with Gasteiger partial charge >= 0.3 is 6.03 Å². The van der Waals surface area contributed by atoms with Crippen molar-refractivity contribution in [3.8, 4) is 5.69 Å². The molecule has 150 valence electrons. The van der Waals surface area contributed by atoms with Gasteiger partial charge in [0.15, 0.2) is 5.82 Å². The van der Waals surface area contributed by atoms with Crippen LogP contribution in [-0.2, 0) is 11.3 Å². The van der Waals surface area contributed by atoms with Gasteiger partial charge in [0.2, 0.25) is 0 Å². The smallest absolute Gasteiger partial charge is 0.317 e. The Hall–Kier alpha value is -3.20. The Kier molecular flexibility index (Phi) is 4.51. The molecule has 1 N–H and O–H groups in total. The monoisotopic (exact) mass is 394 g/mol. The molecule has 3 aromatic rings. The maximum absolute atomic E-state index is 12.4. The summed E-state index contributed by atoms with van der Waals surface area (Å²) in [6, 6.07) is 10.1. The largest absolute Gasteiger partial charge is 0.365 e. The van der Waals surface area contributed by atoms with Crippen LogP contribution in [0, 0.1) is 6.92 Å². The van der Waals surface area contributed by atoms with Crippen LogP contribution in [0.5, 0.6) is 0 Å². The van der Waals surface area contributed by atoms with Gasteiger partial charge in [0, 0.05) is 18.2 Å². The number of carbonyl (C=O) groups is 1. The number of rotatable bonds is 6. The van der Waals surface area contributed by atoms with E-state index in [2.05, 4.69) is 20.6 Å². The van der Waals surface area contributed by atoms with E-state index in [1.54, 1.807) is 11.8 Å². The Morgan fingerprint density at radius 2 is 2.14 bits per heavy atom. The zero-order valence-corrected chi connectivity index (χ0v) is 16.1. The van der Waals surface area contributed by atoms with Gasteiger partial charge in [-0.3, -0.25) is 0 Å². The standard InChI is InChI=1S/C20H22N6O3/c1-13-22-19(29-24-13)12-28-16-10-25(11-16)20(27)23-18-7-17(18)14-8-21-26(9-14)15-5-3-2-4-6-15/h2-6,8-9,16-18H,7,10-12H2,1H3,(H,23,27)/t17-,18+/m0/s1. The molecule has 1 aliphatic heterocycles. The number of likely N-dealkylation sites (tertiary alicyclic amines) is 1. The van der Waals surface area contributed by atoms with Crippen molar-refractivity contribution in [2.24, 2.45) is 0 Å². The summed E-state index contributed by atoms with van der Waals surface area (Å²) in [5.74, 6) is 1.37. The normalized spacial score (nSPS) is 21.1. The van der Waals surface area contributed by atoms with Gasteiger partial charge in [0.1, 0.15) is 6.61 Å². The molecule has 1 aromatic carbocycles. The highest BCUT2D eigenvalue weighted by Gasteiger charge is 2.42. The van der Waals surface area contributed by atoms with Gasteiger partial charge in [-0.15, -0.1) is 0 Å². The van der Waals surface area contributed by atoms with Crippen LogP contribution < -0.4 is 5.32 Å². The maximum atomic E-state index is 12.4. The number of urea groups is 1. The molecule has 2 fully saturated rings. The molecule has 3 heterocycles. The van der Waals surface area contributed by atoms with Crippen LogP contribution in [0.15, 0.2) is 47.2 Å². The molecule has 2 atom stereocenters. The van der Waals surface area contributed by atoms with E-state index in [9.17, 15) is 4.79 Å². The van der Waals surface area contributed by atoms with Gasteiger partial charge in [0.05, 0.1) is 31.1 Å². The minimum Gasteiger partial charge on any atom is -0.365 e. The summed E-state index contributed by atoms with van der Waals surface area (Å²) in [5, 5.41) is 11.3. The zero-order valence-electron chi connectivity index (χ0n) is 16.1. The van der Waals surface area contributed by atoms with Crippen LogP contribution in [0.4, 0.5) is 4.79 Å². The number of para-hydroxylation sites is 1. The van der Waals surface area contributed by atoms with Gasteiger partial charge < -0.3 is 19.5 Å². The molecule has 0 unspecified atom stereocenters. The van der Waals surface area contributed by atoms with Gasteiger partial charge in [-0.05, 0) is 31.0 Å². The van der Waals surface area contributed by atoms with Gasteiger partial charge in [0.25, 0.3) is 5.89 Å². The molecule has 5 rings (SSSR count). The summed E-state index contributed by atoms with van der Waals surface area (Å²) in [6.07, 6.45) is 4.87. The van der Waals surface area contributed by atoms with E-state index in [1.165, 1.54) is 0 Å². The van der Waals surface area contributed by atoms with Crippen LogP contribution in [-0.4, -0.2) is 56.1 Å². The lowest BCUT2D eigenvalue weighted by Crippen LogP contribution is -2.58. The van der Waals surface area contributed by atoms with Gasteiger partial charge in [-0.1, -0.05) is 23.4 Å². The van der Waals surface area contributed by atoms with Crippen molar-refractivity contribution in [3.63, 3.8) is 0 Å². The third-order valence-corrected chi connectivity index (χ3v) is 5.30. The first-order chi connectivity index (χ1) is 14.2. The fourth-order valence-corrected chi connectivity index (χ4v) is 3.52. The Morgan fingerprint density at radius 3 is 2.90 bits per heavy atom. The lowest BCUT2D eigenvalue weighted by molar-refractivity contribution is -0.0516. The van der Waals surface area contributed by atoms with Gasteiger partial charge in [-0.25, -0.2) is 9.48 Å². The van der Waals surface area contributed by atoms with E-state index in [1.807, 2.05) is 47.4 Å². The molecule has 0 bridgehead atoms. The molecule has 29 heavy (non-hydrogen) atoms. The van der Waals surface area contributed by atoms with Crippen LogP contribution in [0.25, 0.3) is 5.69 Å². The topological polar surface area (TPSA) is 98.3 Å². The van der Waals surface area contributed by atoms with Crippen LogP contribution in [0.1, 0.15) is 29.6 Å². The molecule has 0 radical (unpaired) electrons. The number of carbonyl (C=O) groups excluding carboxylic acids is 1. The van der Waals surface area contributed by atoms with Gasteiger partial charge in [-0.2, -0.15) is 10.1 Å². The molecular formula is C20H22N6O3. The number of nitrogens with zero attached hydrogens (tertiary/aromatic N) is 5. The highest BCUT2D eigenvalue weighted by molar-refractivity contribution is 5.76. The molecule has 9 heteroatoms. The first kappa shape index (κ1) is 17.9. The van der Waals surface area contributed by atoms with Crippen molar-refractivity contribution < 1.29 is 14.1 Å². The fourth-order valence-electron chi connectivity index (χ4n) is 3.52. The summed E-state index contributed by atoms with van der Waals surface area (Å²) < 4.78 is 12.6. The summed E-state index contributed by atoms with van der Waals surface area (Å²) in [4.78, 5) is 18.3. The zero-order chi connectivity index (χ0) is 19.8. The van der Waals surface area contributed by atoms with Crippen molar-refractivity contribution in [3.05, 3.63) is 60.0 Å². The second kappa shape index (κ2) is 7.32. The Labute approximate surface area is 167 Å². The predicted molar refractivity (Wildman–Crippen MR) is 102 cm³/mol. The lowest BCUT2D eigenvalue weighted by Gasteiger charge is -2.38. The minimum absolute atomic E-state index is 0.00654. The van der Waals surface area contributed by atoms with Crippen LogP contribution >= 0.6 is 0 Å².